The molecule has 1 aliphatic rings. The summed E-state index contributed by atoms with van der Waals surface area (Å²) in [5.41, 5.74) is 1.20. The molecule has 2 rings (SSSR count). The fourth-order valence-corrected chi connectivity index (χ4v) is 3.11. The summed E-state index contributed by atoms with van der Waals surface area (Å²) in [4.78, 5) is 2.56. The normalized spacial score (nSPS) is 22.4. The van der Waals surface area contributed by atoms with Crippen molar-refractivity contribution in [2.24, 2.45) is 5.92 Å². The quantitative estimate of drug-likeness (QED) is 0.868. The summed E-state index contributed by atoms with van der Waals surface area (Å²) in [6.07, 6.45) is 4.76. The molecule has 1 aliphatic heterocycles. The van der Waals surface area contributed by atoms with E-state index in [9.17, 15) is 0 Å². The van der Waals surface area contributed by atoms with Crippen molar-refractivity contribution in [2.75, 3.05) is 19.6 Å². The molecule has 2 heterocycles. The molecule has 0 bridgehead atoms. The Morgan fingerprint density at radius 2 is 2.20 bits per heavy atom. The van der Waals surface area contributed by atoms with Crippen LogP contribution in [-0.2, 0) is 6.54 Å². The third kappa shape index (κ3) is 4.06. The smallest absolute Gasteiger partial charge is 0.0764 e. The minimum Gasteiger partial charge on any atom is -0.314 e. The van der Waals surface area contributed by atoms with Crippen LogP contribution in [0.25, 0.3) is 0 Å². The van der Waals surface area contributed by atoms with E-state index in [1.807, 2.05) is 0 Å². The molecule has 0 spiro atoms. The largest absolute Gasteiger partial charge is 0.314 e. The van der Waals surface area contributed by atoms with Crippen LogP contribution in [0.3, 0.4) is 0 Å². The van der Waals surface area contributed by atoms with Gasteiger partial charge in [0.15, 0.2) is 0 Å². The van der Waals surface area contributed by atoms with Gasteiger partial charge in [-0.1, -0.05) is 6.92 Å². The van der Waals surface area contributed by atoms with Crippen LogP contribution in [0.1, 0.15) is 52.3 Å². The summed E-state index contributed by atoms with van der Waals surface area (Å²) in [5.74, 6) is 0.774. The van der Waals surface area contributed by atoms with E-state index in [1.165, 1.54) is 31.6 Å². The molecule has 114 valence electrons. The second kappa shape index (κ2) is 7.23. The van der Waals surface area contributed by atoms with Crippen LogP contribution in [0.15, 0.2) is 12.3 Å². The van der Waals surface area contributed by atoms with E-state index in [-0.39, 0.29) is 0 Å². The van der Waals surface area contributed by atoms with Crippen molar-refractivity contribution in [3.05, 3.63) is 18.0 Å². The molecule has 1 aromatic heterocycles. The van der Waals surface area contributed by atoms with E-state index in [2.05, 4.69) is 60.0 Å². The van der Waals surface area contributed by atoms with Crippen LogP contribution in [0, 0.1) is 5.92 Å². The lowest BCUT2D eigenvalue weighted by Crippen LogP contribution is -2.44. The van der Waals surface area contributed by atoms with Crippen molar-refractivity contribution in [1.29, 1.82) is 0 Å². The van der Waals surface area contributed by atoms with Crippen molar-refractivity contribution in [2.45, 2.75) is 59.2 Å². The molecule has 1 N–H and O–H groups in total. The van der Waals surface area contributed by atoms with E-state index in [4.69, 9.17) is 0 Å². The molecule has 20 heavy (non-hydrogen) atoms. The topological polar surface area (TPSA) is 33.1 Å². The van der Waals surface area contributed by atoms with Crippen molar-refractivity contribution in [1.82, 2.24) is 20.0 Å². The molecule has 4 heteroatoms. The number of rotatable bonds is 6. The van der Waals surface area contributed by atoms with E-state index < -0.39 is 0 Å². The first-order chi connectivity index (χ1) is 9.60. The van der Waals surface area contributed by atoms with Crippen LogP contribution < -0.4 is 5.32 Å². The zero-order valence-electron chi connectivity index (χ0n) is 13.5. The summed E-state index contributed by atoms with van der Waals surface area (Å²) in [6, 6.07) is 3.24. The Kier molecular flexibility index (Phi) is 5.61. The van der Waals surface area contributed by atoms with E-state index in [1.54, 1.807) is 0 Å². The molecular weight excluding hydrogens is 248 g/mol. The van der Waals surface area contributed by atoms with Gasteiger partial charge in [0.1, 0.15) is 0 Å². The third-order valence-corrected chi connectivity index (χ3v) is 4.35. The van der Waals surface area contributed by atoms with Crippen molar-refractivity contribution >= 4 is 0 Å². The van der Waals surface area contributed by atoms with Crippen LogP contribution in [0.5, 0.6) is 0 Å². The Balaban J connectivity index is 1.88. The highest BCUT2D eigenvalue weighted by molar-refractivity contribution is 5.00. The van der Waals surface area contributed by atoms with Gasteiger partial charge in [-0.3, -0.25) is 9.58 Å². The third-order valence-electron chi connectivity index (χ3n) is 4.35. The van der Waals surface area contributed by atoms with Crippen molar-refractivity contribution in [3.8, 4) is 0 Å². The molecule has 1 fully saturated rings. The van der Waals surface area contributed by atoms with Gasteiger partial charge in [0, 0.05) is 31.4 Å². The summed E-state index contributed by atoms with van der Waals surface area (Å²) in [7, 11) is 0. The fraction of sp³-hybridized carbons (Fsp3) is 0.812. The maximum atomic E-state index is 4.67. The molecule has 0 saturated carbocycles. The number of hydrogen-bond donors (Lipinski definition) is 1. The minimum absolute atomic E-state index is 0.451. The molecule has 0 aromatic carbocycles. The summed E-state index contributed by atoms with van der Waals surface area (Å²) in [5, 5.41) is 8.24. The number of nitrogens with one attached hydrogen (secondary N) is 1. The van der Waals surface area contributed by atoms with Gasteiger partial charge in [-0.2, -0.15) is 5.10 Å². The Bertz CT molecular complexity index is 399. The average Bonchev–Trinajstić information content (AvgIpc) is 2.88. The summed E-state index contributed by atoms with van der Waals surface area (Å²) in [6.45, 7) is 13.3. The first-order valence-corrected chi connectivity index (χ1v) is 8.10. The van der Waals surface area contributed by atoms with Crippen LogP contribution in [0.4, 0.5) is 0 Å². The van der Waals surface area contributed by atoms with E-state index >= 15 is 0 Å². The number of hydrogen-bond acceptors (Lipinski definition) is 3. The Labute approximate surface area is 123 Å². The summed E-state index contributed by atoms with van der Waals surface area (Å²) >= 11 is 0. The standard InChI is InChI=1S/C16H30N4/c1-5-17-14(4)15-7-6-9-19(11-15)12-16-8-10-20(18-16)13(2)3/h8,10,13-15,17H,5-7,9,11-12H2,1-4H3. The van der Waals surface area contributed by atoms with Crippen LogP contribution in [0.2, 0.25) is 0 Å². The van der Waals surface area contributed by atoms with Crippen LogP contribution >= 0.6 is 0 Å². The van der Waals surface area contributed by atoms with E-state index in [0.29, 0.717) is 12.1 Å². The van der Waals surface area contributed by atoms with Gasteiger partial charge >= 0.3 is 0 Å². The molecule has 0 aliphatic carbocycles. The number of piperidine rings is 1. The van der Waals surface area contributed by atoms with Gasteiger partial charge in [0.2, 0.25) is 0 Å². The molecule has 4 nitrogen and oxygen atoms in total. The molecule has 2 atom stereocenters. The highest BCUT2D eigenvalue weighted by Crippen LogP contribution is 2.21. The first-order valence-electron chi connectivity index (χ1n) is 8.10. The van der Waals surface area contributed by atoms with Crippen molar-refractivity contribution < 1.29 is 0 Å². The first kappa shape index (κ1) is 15.5. The van der Waals surface area contributed by atoms with E-state index in [0.717, 1.165) is 19.0 Å². The number of likely N-dealkylation sites (tertiary alicyclic amines) is 1. The highest BCUT2D eigenvalue weighted by Gasteiger charge is 2.24. The lowest BCUT2D eigenvalue weighted by atomic mass is 9.91. The Morgan fingerprint density at radius 3 is 2.85 bits per heavy atom. The number of nitrogens with zero attached hydrogens (tertiary/aromatic N) is 3. The van der Waals surface area contributed by atoms with Crippen LogP contribution in [-0.4, -0.2) is 40.4 Å². The zero-order valence-corrected chi connectivity index (χ0v) is 13.5. The van der Waals surface area contributed by atoms with Gasteiger partial charge in [0.05, 0.1) is 5.69 Å². The lowest BCUT2D eigenvalue weighted by Gasteiger charge is -2.35. The molecule has 1 saturated heterocycles. The molecular formula is C16H30N4. The van der Waals surface area contributed by atoms with Gasteiger partial charge in [-0.25, -0.2) is 0 Å². The Morgan fingerprint density at radius 1 is 1.40 bits per heavy atom. The highest BCUT2D eigenvalue weighted by atomic mass is 15.3. The fourth-order valence-electron chi connectivity index (χ4n) is 3.11. The van der Waals surface area contributed by atoms with Gasteiger partial charge in [-0.05, 0) is 58.7 Å². The minimum atomic E-state index is 0.451. The van der Waals surface area contributed by atoms with Gasteiger partial charge in [-0.15, -0.1) is 0 Å². The SMILES string of the molecule is CCNC(C)C1CCCN(Cc2ccn(C(C)C)n2)C1. The predicted molar refractivity (Wildman–Crippen MR) is 83.8 cm³/mol. The average molecular weight is 278 g/mol. The molecule has 2 unspecified atom stereocenters. The zero-order chi connectivity index (χ0) is 14.5. The van der Waals surface area contributed by atoms with Gasteiger partial charge in [0.25, 0.3) is 0 Å². The lowest BCUT2D eigenvalue weighted by molar-refractivity contribution is 0.143. The monoisotopic (exact) mass is 278 g/mol. The number of aromatic nitrogens is 2. The Hall–Kier alpha value is -0.870. The van der Waals surface area contributed by atoms with Gasteiger partial charge < -0.3 is 5.32 Å². The predicted octanol–water partition coefficient (Wildman–Crippen LogP) is 2.67. The maximum Gasteiger partial charge on any atom is 0.0764 e. The van der Waals surface area contributed by atoms with Crippen molar-refractivity contribution in [3.63, 3.8) is 0 Å². The molecule has 0 radical (unpaired) electrons. The summed E-state index contributed by atoms with van der Waals surface area (Å²) < 4.78 is 2.05. The maximum absolute atomic E-state index is 4.67. The molecule has 0 amide bonds. The second-order valence-electron chi connectivity index (χ2n) is 6.36. The second-order valence-corrected chi connectivity index (χ2v) is 6.36. The molecule has 1 aromatic rings.